The first-order chi connectivity index (χ1) is 9.22. The largest absolute Gasteiger partial charge is 0.319 e. The van der Waals surface area contributed by atoms with E-state index in [2.05, 4.69) is 21.4 Å². The number of hydrogen-bond donors (Lipinski definition) is 1. The second-order valence-electron chi connectivity index (χ2n) is 4.87. The van der Waals surface area contributed by atoms with Crippen LogP contribution in [0.3, 0.4) is 0 Å². The van der Waals surface area contributed by atoms with Crippen molar-refractivity contribution >= 4 is 11.6 Å². The van der Waals surface area contributed by atoms with E-state index >= 15 is 0 Å². The zero-order chi connectivity index (χ0) is 13.2. The normalized spacial score (nSPS) is 14.2. The maximum atomic E-state index is 12.1. The molecule has 19 heavy (non-hydrogen) atoms. The smallest absolute Gasteiger partial charge is 0.255 e. The molecule has 0 saturated heterocycles. The van der Waals surface area contributed by atoms with Gasteiger partial charge in [-0.15, -0.1) is 0 Å². The highest BCUT2D eigenvalue weighted by molar-refractivity contribution is 6.04. The minimum absolute atomic E-state index is 0.116. The van der Waals surface area contributed by atoms with E-state index in [1.54, 1.807) is 12.4 Å². The maximum absolute atomic E-state index is 12.1. The molecule has 1 fully saturated rings. The number of carbonyl (C=O) groups is 1. The molecule has 1 heterocycles. The van der Waals surface area contributed by atoms with Crippen LogP contribution < -0.4 is 5.32 Å². The number of hydrogen-bond acceptors (Lipinski definition) is 3. The molecule has 0 unspecified atom stereocenters. The van der Waals surface area contributed by atoms with Crippen molar-refractivity contribution in [1.29, 1.82) is 0 Å². The van der Waals surface area contributed by atoms with Crippen LogP contribution in [-0.2, 0) is 0 Å². The Bertz CT molecular complexity index is 603. The van der Waals surface area contributed by atoms with Gasteiger partial charge in [0, 0.05) is 5.56 Å². The molecule has 1 aliphatic carbocycles. The van der Waals surface area contributed by atoms with Gasteiger partial charge in [0.1, 0.15) is 5.82 Å². The van der Waals surface area contributed by atoms with Crippen molar-refractivity contribution in [3.05, 3.63) is 53.6 Å². The lowest BCUT2D eigenvalue weighted by molar-refractivity contribution is 0.102. The van der Waals surface area contributed by atoms with E-state index in [4.69, 9.17) is 0 Å². The molecule has 1 saturated carbocycles. The van der Waals surface area contributed by atoms with Crippen LogP contribution >= 0.6 is 0 Å². The van der Waals surface area contributed by atoms with E-state index in [9.17, 15) is 4.79 Å². The van der Waals surface area contributed by atoms with Crippen LogP contribution in [0.25, 0.3) is 0 Å². The van der Waals surface area contributed by atoms with Gasteiger partial charge in [-0.25, -0.2) is 9.97 Å². The molecule has 2 aromatic rings. The van der Waals surface area contributed by atoms with Crippen LogP contribution in [0.4, 0.5) is 5.69 Å². The molecule has 0 spiro atoms. The monoisotopic (exact) mass is 253 g/mol. The fourth-order valence-corrected chi connectivity index (χ4v) is 2.01. The molecule has 96 valence electrons. The van der Waals surface area contributed by atoms with Gasteiger partial charge in [-0.3, -0.25) is 4.79 Å². The molecule has 0 radical (unpaired) electrons. The Labute approximate surface area is 111 Å². The number of aryl methyl sites for hydroxylation is 1. The summed E-state index contributed by atoms with van der Waals surface area (Å²) in [6.07, 6.45) is 5.70. The quantitative estimate of drug-likeness (QED) is 0.915. The minimum atomic E-state index is -0.116. The predicted molar refractivity (Wildman–Crippen MR) is 73.1 cm³/mol. The van der Waals surface area contributed by atoms with Gasteiger partial charge < -0.3 is 5.32 Å². The average molecular weight is 253 g/mol. The third-order valence-electron chi connectivity index (χ3n) is 3.24. The van der Waals surface area contributed by atoms with Gasteiger partial charge in [-0.05, 0) is 43.4 Å². The van der Waals surface area contributed by atoms with Crippen LogP contribution in [-0.4, -0.2) is 15.9 Å². The third kappa shape index (κ3) is 2.78. The molecular weight excluding hydrogens is 238 g/mol. The predicted octanol–water partition coefficient (Wildman–Crippen LogP) is 2.91. The van der Waals surface area contributed by atoms with Gasteiger partial charge in [0.2, 0.25) is 0 Å². The molecular formula is C15H15N3O. The lowest BCUT2D eigenvalue weighted by Crippen LogP contribution is -2.12. The third-order valence-corrected chi connectivity index (χ3v) is 3.24. The summed E-state index contributed by atoms with van der Waals surface area (Å²) in [7, 11) is 0. The van der Waals surface area contributed by atoms with Crippen LogP contribution in [0, 0.1) is 6.92 Å². The van der Waals surface area contributed by atoms with Crippen molar-refractivity contribution in [3.8, 4) is 0 Å². The second kappa shape index (κ2) is 4.80. The SMILES string of the molecule is Cc1ncc(NC(=O)c2cccc(C3CC3)c2)cn1. The summed E-state index contributed by atoms with van der Waals surface area (Å²) in [5.41, 5.74) is 2.56. The maximum Gasteiger partial charge on any atom is 0.255 e. The summed E-state index contributed by atoms with van der Waals surface area (Å²) in [5, 5.41) is 2.81. The fraction of sp³-hybridized carbons (Fsp3) is 0.267. The first-order valence-corrected chi connectivity index (χ1v) is 6.42. The number of benzene rings is 1. The number of carbonyl (C=O) groups excluding carboxylic acids is 1. The van der Waals surface area contributed by atoms with Gasteiger partial charge in [0.05, 0.1) is 18.1 Å². The molecule has 1 aromatic heterocycles. The van der Waals surface area contributed by atoms with Crippen molar-refractivity contribution in [1.82, 2.24) is 9.97 Å². The summed E-state index contributed by atoms with van der Waals surface area (Å²) in [5.74, 6) is 1.22. The highest BCUT2D eigenvalue weighted by Crippen LogP contribution is 2.40. The van der Waals surface area contributed by atoms with E-state index in [-0.39, 0.29) is 5.91 Å². The Kier molecular flexibility index (Phi) is 2.99. The molecule has 0 bridgehead atoms. The van der Waals surface area contributed by atoms with E-state index in [1.807, 2.05) is 25.1 Å². The Morgan fingerprint density at radius 3 is 2.68 bits per heavy atom. The Hall–Kier alpha value is -2.23. The van der Waals surface area contributed by atoms with Gasteiger partial charge in [0.15, 0.2) is 0 Å². The van der Waals surface area contributed by atoms with E-state index in [1.165, 1.54) is 18.4 Å². The number of nitrogens with one attached hydrogen (secondary N) is 1. The Morgan fingerprint density at radius 1 is 1.26 bits per heavy atom. The van der Waals surface area contributed by atoms with Crippen LogP contribution in [0.5, 0.6) is 0 Å². The molecule has 1 aromatic carbocycles. The molecule has 1 amide bonds. The number of anilines is 1. The van der Waals surface area contributed by atoms with Crippen molar-refractivity contribution in [2.75, 3.05) is 5.32 Å². The molecule has 0 atom stereocenters. The summed E-state index contributed by atoms with van der Waals surface area (Å²) < 4.78 is 0. The molecule has 1 N–H and O–H groups in total. The van der Waals surface area contributed by atoms with Crippen molar-refractivity contribution in [2.45, 2.75) is 25.7 Å². The summed E-state index contributed by atoms with van der Waals surface area (Å²) in [6.45, 7) is 1.81. The lowest BCUT2D eigenvalue weighted by atomic mass is 10.1. The topological polar surface area (TPSA) is 54.9 Å². The lowest BCUT2D eigenvalue weighted by Gasteiger charge is -2.06. The van der Waals surface area contributed by atoms with E-state index in [0.717, 1.165) is 0 Å². The standard InChI is InChI=1S/C15H15N3O/c1-10-16-8-14(9-17-10)18-15(19)13-4-2-3-12(7-13)11-5-6-11/h2-4,7-9,11H,5-6H2,1H3,(H,18,19). The zero-order valence-electron chi connectivity index (χ0n) is 10.8. The van der Waals surface area contributed by atoms with Crippen molar-refractivity contribution < 1.29 is 4.79 Å². The molecule has 3 rings (SSSR count). The van der Waals surface area contributed by atoms with Gasteiger partial charge in [0.25, 0.3) is 5.91 Å². The number of rotatable bonds is 3. The van der Waals surface area contributed by atoms with Gasteiger partial charge in [-0.1, -0.05) is 12.1 Å². The van der Waals surface area contributed by atoms with Crippen molar-refractivity contribution in [3.63, 3.8) is 0 Å². The van der Waals surface area contributed by atoms with Gasteiger partial charge in [-0.2, -0.15) is 0 Å². The van der Waals surface area contributed by atoms with E-state index < -0.39 is 0 Å². The molecule has 4 heteroatoms. The highest BCUT2D eigenvalue weighted by Gasteiger charge is 2.23. The van der Waals surface area contributed by atoms with E-state index in [0.29, 0.717) is 23.0 Å². The summed E-state index contributed by atoms with van der Waals surface area (Å²) >= 11 is 0. The Morgan fingerprint density at radius 2 is 2.00 bits per heavy atom. The van der Waals surface area contributed by atoms with Crippen LogP contribution in [0.2, 0.25) is 0 Å². The Balaban J connectivity index is 1.76. The van der Waals surface area contributed by atoms with Gasteiger partial charge >= 0.3 is 0 Å². The summed E-state index contributed by atoms with van der Waals surface area (Å²) in [4.78, 5) is 20.2. The zero-order valence-corrected chi connectivity index (χ0v) is 10.8. The van der Waals surface area contributed by atoms with Crippen LogP contribution in [0.15, 0.2) is 36.7 Å². The fourth-order valence-electron chi connectivity index (χ4n) is 2.01. The number of nitrogens with zero attached hydrogens (tertiary/aromatic N) is 2. The number of aromatic nitrogens is 2. The summed E-state index contributed by atoms with van der Waals surface area (Å²) in [6, 6.07) is 7.83. The first-order valence-electron chi connectivity index (χ1n) is 6.42. The second-order valence-corrected chi connectivity index (χ2v) is 4.87. The first kappa shape index (κ1) is 11.8. The highest BCUT2D eigenvalue weighted by atomic mass is 16.1. The molecule has 1 aliphatic rings. The number of amides is 1. The minimum Gasteiger partial charge on any atom is -0.319 e. The average Bonchev–Trinajstić information content (AvgIpc) is 3.26. The van der Waals surface area contributed by atoms with Crippen LogP contribution in [0.1, 0.15) is 40.5 Å². The molecule has 0 aliphatic heterocycles. The molecule has 4 nitrogen and oxygen atoms in total. The van der Waals surface area contributed by atoms with Crippen molar-refractivity contribution in [2.24, 2.45) is 0 Å².